The number of hydrogen-bond acceptors (Lipinski definition) is 5. The minimum atomic E-state index is -0.732. The van der Waals surface area contributed by atoms with E-state index in [0.29, 0.717) is 19.4 Å². The Kier molecular flexibility index (Phi) is 5.35. The van der Waals surface area contributed by atoms with E-state index >= 15 is 0 Å². The summed E-state index contributed by atoms with van der Waals surface area (Å²) >= 11 is 0. The van der Waals surface area contributed by atoms with Gasteiger partial charge in [-0.25, -0.2) is 4.68 Å². The van der Waals surface area contributed by atoms with Crippen LogP contribution in [0.2, 0.25) is 0 Å². The molecule has 0 radical (unpaired) electrons. The molecule has 3 rings (SSSR count). The molecule has 0 saturated carbocycles. The van der Waals surface area contributed by atoms with E-state index < -0.39 is 5.60 Å². The number of nitrogens with one attached hydrogen (secondary N) is 2. The molecule has 1 fully saturated rings. The molecule has 1 aromatic heterocycles. The van der Waals surface area contributed by atoms with E-state index in [1.54, 1.807) is 18.9 Å². The van der Waals surface area contributed by atoms with Crippen molar-refractivity contribution in [3.05, 3.63) is 42.2 Å². The number of rotatable bonds is 6. The molecule has 0 aliphatic carbocycles. The summed E-state index contributed by atoms with van der Waals surface area (Å²) in [6, 6.07) is 9.54. The van der Waals surface area contributed by atoms with E-state index in [4.69, 9.17) is 9.47 Å². The number of piperidine rings is 1. The Morgan fingerprint density at radius 2 is 1.96 bits per heavy atom. The zero-order chi connectivity index (χ0) is 17.7. The molecule has 7 heteroatoms. The van der Waals surface area contributed by atoms with E-state index in [1.807, 2.05) is 36.5 Å². The molecule has 2 aromatic rings. The first-order valence-corrected chi connectivity index (χ1v) is 8.40. The Balaban J connectivity index is 1.62. The van der Waals surface area contributed by atoms with Crippen LogP contribution < -0.4 is 15.4 Å². The number of nitrogens with zero attached hydrogens (tertiary/aromatic N) is 2. The van der Waals surface area contributed by atoms with Gasteiger partial charge in [0.15, 0.2) is 0 Å². The van der Waals surface area contributed by atoms with Gasteiger partial charge in [-0.05, 0) is 56.3 Å². The van der Waals surface area contributed by atoms with Crippen LogP contribution in [0.25, 0.3) is 5.69 Å². The second-order valence-electron chi connectivity index (χ2n) is 6.08. The number of carbonyl (C=O) groups is 1. The molecule has 7 nitrogen and oxygen atoms in total. The van der Waals surface area contributed by atoms with Crippen LogP contribution in [0.5, 0.6) is 5.75 Å². The van der Waals surface area contributed by atoms with Gasteiger partial charge in [0, 0.05) is 13.3 Å². The molecule has 134 valence electrons. The maximum absolute atomic E-state index is 12.6. The fourth-order valence-electron chi connectivity index (χ4n) is 3.02. The van der Waals surface area contributed by atoms with Gasteiger partial charge in [0.2, 0.25) is 0 Å². The SMILES string of the molecule is COc1ccc(-n2ccc(CNC(=O)C3(OC)CCNCC3)n2)cc1. The summed E-state index contributed by atoms with van der Waals surface area (Å²) in [6.07, 6.45) is 3.23. The predicted octanol–water partition coefficient (Wildman–Crippen LogP) is 1.27. The zero-order valence-corrected chi connectivity index (χ0v) is 14.6. The molecule has 2 heterocycles. The highest BCUT2D eigenvalue weighted by Gasteiger charge is 2.39. The second kappa shape index (κ2) is 7.67. The lowest BCUT2D eigenvalue weighted by Gasteiger charge is -2.34. The van der Waals surface area contributed by atoms with Crippen molar-refractivity contribution in [2.75, 3.05) is 27.3 Å². The molecule has 1 saturated heterocycles. The predicted molar refractivity (Wildman–Crippen MR) is 93.8 cm³/mol. The molecule has 0 bridgehead atoms. The molecule has 25 heavy (non-hydrogen) atoms. The lowest BCUT2D eigenvalue weighted by Crippen LogP contribution is -2.53. The van der Waals surface area contributed by atoms with Crippen molar-refractivity contribution >= 4 is 5.91 Å². The number of carbonyl (C=O) groups excluding carboxylic acids is 1. The third-order valence-electron chi connectivity index (χ3n) is 4.63. The average molecular weight is 344 g/mol. The molecule has 2 N–H and O–H groups in total. The fraction of sp³-hybridized carbons (Fsp3) is 0.444. The van der Waals surface area contributed by atoms with E-state index in [-0.39, 0.29) is 5.91 Å². The van der Waals surface area contributed by atoms with Crippen LogP contribution in [0.4, 0.5) is 0 Å². The van der Waals surface area contributed by atoms with Crippen LogP contribution in [-0.4, -0.2) is 48.6 Å². The van der Waals surface area contributed by atoms with E-state index in [1.165, 1.54) is 0 Å². The van der Waals surface area contributed by atoms with Crippen LogP contribution >= 0.6 is 0 Å². The van der Waals surface area contributed by atoms with Crippen LogP contribution in [0.15, 0.2) is 36.5 Å². The van der Waals surface area contributed by atoms with Crippen molar-refractivity contribution in [1.29, 1.82) is 0 Å². The van der Waals surface area contributed by atoms with Crippen molar-refractivity contribution in [1.82, 2.24) is 20.4 Å². The molecule has 1 amide bonds. The van der Waals surface area contributed by atoms with Crippen LogP contribution in [0.3, 0.4) is 0 Å². The molecule has 1 aliphatic heterocycles. The first-order chi connectivity index (χ1) is 12.2. The molecular formula is C18H24N4O3. The zero-order valence-electron chi connectivity index (χ0n) is 14.6. The van der Waals surface area contributed by atoms with Gasteiger partial charge in [0.1, 0.15) is 11.4 Å². The van der Waals surface area contributed by atoms with Gasteiger partial charge < -0.3 is 20.1 Å². The van der Waals surface area contributed by atoms with E-state index in [0.717, 1.165) is 30.2 Å². The van der Waals surface area contributed by atoms with E-state index in [9.17, 15) is 4.79 Å². The third kappa shape index (κ3) is 3.83. The largest absolute Gasteiger partial charge is 0.497 e. The average Bonchev–Trinajstić information content (AvgIpc) is 3.15. The second-order valence-corrected chi connectivity index (χ2v) is 6.08. The Labute approximate surface area is 147 Å². The first-order valence-electron chi connectivity index (χ1n) is 8.40. The van der Waals surface area contributed by atoms with Crippen molar-refractivity contribution in [3.63, 3.8) is 0 Å². The molecule has 0 atom stereocenters. The van der Waals surface area contributed by atoms with Crippen molar-refractivity contribution < 1.29 is 14.3 Å². The summed E-state index contributed by atoms with van der Waals surface area (Å²) in [5.74, 6) is 0.728. The number of ether oxygens (including phenoxy) is 2. The third-order valence-corrected chi connectivity index (χ3v) is 4.63. The Morgan fingerprint density at radius 3 is 2.60 bits per heavy atom. The smallest absolute Gasteiger partial charge is 0.252 e. The van der Waals surface area contributed by atoms with Crippen molar-refractivity contribution in [3.8, 4) is 11.4 Å². The van der Waals surface area contributed by atoms with Gasteiger partial charge in [-0.1, -0.05) is 0 Å². The highest BCUT2D eigenvalue weighted by Crippen LogP contribution is 2.22. The number of aromatic nitrogens is 2. The van der Waals surface area contributed by atoms with Crippen molar-refractivity contribution in [2.45, 2.75) is 25.0 Å². The van der Waals surface area contributed by atoms with Crippen LogP contribution in [0, 0.1) is 0 Å². The minimum absolute atomic E-state index is 0.0736. The topological polar surface area (TPSA) is 77.4 Å². The van der Waals surface area contributed by atoms with Gasteiger partial charge in [-0.2, -0.15) is 5.10 Å². The van der Waals surface area contributed by atoms with Crippen LogP contribution in [0.1, 0.15) is 18.5 Å². The number of methoxy groups -OCH3 is 2. The number of hydrogen-bond donors (Lipinski definition) is 2. The summed E-state index contributed by atoms with van der Waals surface area (Å²) in [4.78, 5) is 12.6. The van der Waals surface area contributed by atoms with E-state index in [2.05, 4.69) is 15.7 Å². The summed E-state index contributed by atoms with van der Waals surface area (Å²) < 4.78 is 12.5. The molecule has 0 spiro atoms. The molecule has 1 aromatic carbocycles. The summed E-state index contributed by atoms with van der Waals surface area (Å²) in [5, 5.41) is 10.7. The lowest BCUT2D eigenvalue weighted by molar-refractivity contribution is -0.146. The standard InChI is InChI=1S/C18H24N4O3/c1-24-16-5-3-15(4-6-16)22-12-7-14(21-22)13-20-17(23)18(25-2)8-10-19-11-9-18/h3-7,12,19H,8-11,13H2,1-2H3,(H,20,23). The van der Waals surface area contributed by atoms with Crippen molar-refractivity contribution in [2.24, 2.45) is 0 Å². The number of amides is 1. The monoisotopic (exact) mass is 344 g/mol. The Bertz CT molecular complexity index is 705. The Hall–Kier alpha value is -2.38. The maximum Gasteiger partial charge on any atom is 0.252 e. The lowest BCUT2D eigenvalue weighted by atomic mass is 9.91. The molecule has 1 aliphatic rings. The normalized spacial score (nSPS) is 16.4. The molecule has 0 unspecified atom stereocenters. The van der Waals surface area contributed by atoms with Gasteiger partial charge in [-0.15, -0.1) is 0 Å². The highest BCUT2D eigenvalue weighted by atomic mass is 16.5. The number of benzene rings is 1. The summed E-state index contributed by atoms with van der Waals surface area (Å²) in [7, 11) is 3.24. The van der Waals surface area contributed by atoms with Gasteiger partial charge in [0.05, 0.1) is 25.0 Å². The molecular weight excluding hydrogens is 320 g/mol. The summed E-state index contributed by atoms with van der Waals surface area (Å²) in [5.41, 5.74) is 0.999. The fourth-order valence-corrected chi connectivity index (χ4v) is 3.02. The van der Waals surface area contributed by atoms with Crippen LogP contribution in [-0.2, 0) is 16.1 Å². The van der Waals surface area contributed by atoms with Gasteiger partial charge in [0.25, 0.3) is 5.91 Å². The van der Waals surface area contributed by atoms with Gasteiger partial charge in [-0.3, -0.25) is 4.79 Å². The highest BCUT2D eigenvalue weighted by molar-refractivity contribution is 5.85. The first kappa shape index (κ1) is 17.4. The Morgan fingerprint density at radius 1 is 1.24 bits per heavy atom. The quantitative estimate of drug-likeness (QED) is 0.825. The summed E-state index contributed by atoms with van der Waals surface area (Å²) in [6.45, 7) is 1.95. The maximum atomic E-state index is 12.6. The minimum Gasteiger partial charge on any atom is -0.497 e. The van der Waals surface area contributed by atoms with Gasteiger partial charge >= 0.3 is 0 Å².